The van der Waals surface area contributed by atoms with E-state index >= 15 is 0 Å². The lowest BCUT2D eigenvalue weighted by molar-refractivity contribution is 0.102. The van der Waals surface area contributed by atoms with Crippen LogP contribution < -0.4 is 10.0 Å². The number of anilines is 2. The summed E-state index contributed by atoms with van der Waals surface area (Å²) in [7, 11) is -4.09. The number of rotatable bonds is 5. The molecule has 0 aromatic heterocycles. The third-order valence-corrected chi connectivity index (χ3v) is 6.17. The summed E-state index contributed by atoms with van der Waals surface area (Å²) in [6.07, 6.45) is 0. The SMILES string of the molecule is Cc1ccc(S(=O)(=O)Nc2ccccc2F)cc1C(=O)Nc1cccc(Cl)c1C. The standard InChI is InChI=1S/C21H18ClFN2O3S/c1-13-10-11-15(29(27,28)25-20-8-4-3-7-18(20)23)12-16(13)21(26)24-19-9-5-6-17(22)14(19)2/h3-12,25H,1-2H3,(H,24,26). The van der Waals surface area contributed by atoms with Crippen LogP contribution in [0, 0.1) is 19.7 Å². The molecule has 1 amide bonds. The largest absolute Gasteiger partial charge is 0.322 e. The topological polar surface area (TPSA) is 75.3 Å². The van der Waals surface area contributed by atoms with Crippen molar-refractivity contribution in [2.75, 3.05) is 10.0 Å². The second-order valence-corrected chi connectivity index (χ2v) is 8.52. The van der Waals surface area contributed by atoms with Crippen molar-refractivity contribution in [3.8, 4) is 0 Å². The first-order valence-corrected chi connectivity index (χ1v) is 10.5. The van der Waals surface area contributed by atoms with Crippen molar-refractivity contribution in [3.63, 3.8) is 0 Å². The molecular weight excluding hydrogens is 415 g/mol. The number of amides is 1. The molecule has 0 bridgehead atoms. The summed E-state index contributed by atoms with van der Waals surface area (Å²) in [6.45, 7) is 3.46. The van der Waals surface area contributed by atoms with Gasteiger partial charge in [0.25, 0.3) is 15.9 Å². The molecule has 3 rings (SSSR count). The van der Waals surface area contributed by atoms with Gasteiger partial charge >= 0.3 is 0 Å². The minimum atomic E-state index is -4.09. The van der Waals surface area contributed by atoms with Crippen LogP contribution in [0.1, 0.15) is 21.5 Å². The molecule has 150 valence electrons. The summed E-state index contributed by atoms with van der Waals surface area (Å²) in [5.74, 6) is -1.17. The van der Waals surface area contributed by atoms with Crippen LogP contribution in [0.25, 0.3) is 0 Å². The Balaban J connectivity index is 1.92. The fraction of sp³-hybridized carbons (Fsp3) is 0.0952. The van der Waals surface area contributed by atoms with Gasteiger partial charge in [0.15, 0.2) is 0 Å². The third kappa shape index (κ3) is 4.58. The molecule has 3 aromatic carbocycles. The van der Waals surface area contributed by atoms with Gasteiger partial charge in [0.05, 0.1) is 10.6 Å². The Bertz CT molecular complexity index is 1200. The van der Waals surface area contributed by atoms with E-state index in [1.165, 1.54) is 36.4 Å². The average Bonchev–Trinajstić information content (AvgIpc) is 2.67. The van der Waals surface area contributed by atoms with Gasteiger partial charge in [-0.25, -0.2) is 12.8 Å². The summed E-state index contributed by atoms with van der Waals surface area (Å²) in [5, 5.41) is 3.25. The number of nitrogens with one attached hydrogen (secondary N) is 2. The second-order valence-electron chi connectivity index (χ2n) is 6.43. The molecule has 0 heterocycles. The van der Waals surface area contributed by atoms with Crippen LogP contribution in [-0.4, -0.2) is 14.3 Å². The van der Waals surface area contributed by atoms with E-state index in [1.54, 1.807) is 32.0 Å². The molecule has 3 aromatic rings. The summed E-state index contributed by atoms with van der Waals surface area (Å²) in [5.41, 5.74) is 1.83. The number of carbonyl (C=O) groups excluding carboxylic acids is 1. The van der Waals surface area contributed by atoms with Crippen LogP contribution in [0.5, 0.6) is 0 Å². The highest BCUT2D eigenvalue weighted by molar-refractivity contribution is 7.92. The normalized spacial score (nSPS) is 11.2. The lowest BCUT2D eigenvalue weighted by Crippen LogP contribution is -2.18. The number of para-hydroxylation sites is 1. The number of aryl methyl sites for hydroxylation is 1. The van der Waals surface area contributed by atoms with Gasteiger partial charge in [-0.05, 0) is 61.4 Å². The predicted octanol–water partition coefficient (Wildman–Crippen LogP) is 5.15. The monoisotopic (exact) mass is 432 g/mol. The minimum Gasteiger partial charge on any atom is -0.322 e. The summed E-state index contributed by atoms with van der Waals surface area (Å²) in [6, 6.07) is 14.7. The number of carbonyl (C=O) groups is 1. The van der Waals surface area contributed by atoms with Gasteiger partial charge in [-0.3, -0.25) is 9.52 Å². The number of hydrogen-bond donors (Lipinski definition) is 2. The van der Waals surface area contributed by atoms with E-state index in [1.807, 2.05) is 0 Å². The smallest absolute Gasteiger partial charge is 0.262 e. The van der Waals surface area contributed by atoms with Crippen molar-refractivity contribution in [1.29, 1.82) is 0 Å². The van der Waals surface area contributed by atoms with Crippen LogP contribution in [0.3, 0.4) is 0 Å². The molecule has 0 saturated carbocycles. The maximum atomic E-state index is 13.8. The van der Waals surface area contributed by atoms with Gasteiger partial charge in [-0.2, -0.15) is 0 Å². The van der Waals surface area contributed by atoms with Crippen LogP contribution >= 0.6 is 11.6 Å². The van der Waals surface area contributed by atoms with Crippen molar-refractivity contribution in [2.45, 2.75) is 18.7 Å². The summed E-state index contributed by atoms with van der Waals surface area (Å²) in [4.78, 5) is 12.6. The Morgan fingerprint density at radius 3 is 2.38 bits per heavy atom. The summed E-state index contributed by atoms with van der Waals surface area (Å²) >= 11 is 6.08. The molecule has 0 aliphatic carbocycles. The van der Waals surface area contributed by atoms with Gasteiger partial charge in [-0.1, -0.05) is 35.9 Å². The highest BCUT2D eigenvalue weighted by Gasteiger charge is 2.20. The third-order valence-electron chi connectivity index (χ3n) is 4.40. The highest BCUT2D eigenvalue weighted by atomic mass is 35.5. The number of benzene rings is 3. The van der Waals surface area contributed by atoms with Crippen molar-refractivity contribution in [2.24, 2.45) is 0 Å². The van der Waals surface area contributed by atoms with Crippen LogP contribution in [0.4, 0.5) is 15.8 Å². The Morgan fingerprint density at radius 1 is 0.966 bits per heavy atom. The van der Waals surface area contributed by atoms with E-state index in [-0.39, 0.29) is 16.1 Å². The number of hydrogen-bond acceptors (Lipinski definition) is 3. The lowest BCUT2D eigenvalue weighted by atomic mass is 10.1. The molecule has 5 nitrogen and oxygen atoms in total. The first kappa shape index (κ1) is 20.8. The quantitative estimate of drug-likeness (QED) is 0.585. The van der Waals surface area contributed by atoms with E-state index in [2.05, 4.69) is 10.0 Å². The molecule has 8 heteroatoms. The number of sulfonamides is 1. The van der Waals surface area contributed by atoms with E-state index in [0.717, 1.165) is 6.07 Å². The van der Waals surface area contributed by atoms with Gasteiger partial charge in [-0.15, -0.1) is 0 Å². The Morgan fingerprint density at radius 2 is 1.66 bits per heavy atom. The van der Waals surface area contributed by atoms with Gasteiger partial charge in [0.2, 0.25) is 0 Å². The Hall–Kier alpha value is -2.90. The predicted molar refractivity (Wildman–Crippen MR) is 113 cm³/mol. The molecule has 0 spiro atoms. The minimum absolute atomic E-state index is 0.153. The van der Waals surface area contributed by atoms with E-state index in [0.29, 0.717) is 21.8 Å². The van der Waals surface area contributed by atoms with Gasteiger partial charge < -0.3 is 5.32 Å². The molecule has 0 aliphatic heterocycles. The van der Waals surface area contributed by atoms with E-state index in [4.69, 9.17) is 11.6 Å². The van der Waals surface area contributed by atoms with Gasteiger partial charge in [0.1, 0.15) is 5.82 Å². The number of halogens is 2. The molecule has 0 saturated heterocycles. The van der Waals surface area contributed by atoms with Crippen LogP contribution in [0.15, 0.2) is 65.6 Å². The lowest BCUT2D eigenvalue weighted by Gasteiger charge is -2.13. The first-order valence-electron chi connectivity index (χ1n) is 8.63. The van der Waals surface area contributed by atoms with Crippen molar-refractivity contribution >= 4 is 38.9 Å². The molecule has 29 heavy (non-hydrogen) atoms. The zero-order chi connectivity index (χ0) is 21.2. The molecule has 0 aliphatic rings. The van der Waals surface area contributed by atoms with Crippen molar-refractivity contribution < 1.29 is 17.6 Å². The van der Waals surface area contributed by atoms with Crippen LogP contribution in [-0.2, 0) is 10.0 Å². The second kappa shape index (κ2) is 8.23. The van der Waals surface area contributed by atoms with Gasteiger partial charge in [0, 0.05) is 16.3 Å². The molecule has 2 N–H and O–H groups in total. The molecule has 0 atom stereocenters. The zero-order valence-corrected chi connectivity index (χ0v) is 17.2. The Labute approximate surface area is 173 Å². The first-order chi connectivity index (χ1) is 13.7. The molecule has 0 fully saturated rings. The van der Waals surface area contributed by atoms with E-state index < -0.39 is 21.7 Å². The molecule has 0 radical (unpaired) electrons. The fourth-order valence-electron chi connectivity index (χ4n) is 2.69. The van der Waals surface area contributed by atoms with Crippen LogP contribution in [0.2, 0.25) is 5.02 Å². The summed E-state index contributed by atoms with van der Waals surface area (Å²) < 4.78 is 41.4. The maximum absolute atomic E-state index is 13.8. The molecule has 0 unspecified atom stereocenters. The van der Waals surface area contributed by atoms with Crippen molar-refractivity contribution in [1.82, 2.24) is 0 Å². The maximum Gasteiger partial charge on any atom is 0.262 e. The van der Waals surface area contributed by atoms with E-state index in [9.17, 15) is 17.6 Å². The molecular formula is C21H18ClFN2O3S. The van der Waals surface area contributed by atoms with Crippen molar-refractivity contribution in [3.05, 3.63) is 88.2 Å². The Kier molecular flexibility index (Phi) is 5.91. The highest BCUT2D eigenvalue weighted by Crippen LogP contribution is 2.25. The fourth-order valence-corrected chi connectivity index (χ4v) is 3.96. The average molecular weight is 433 g/mol. The zero-order valence-electron chi connectivity index (χ0n) is 15.7.